The Kier molecular flexibility index (Phi) is 6.10. The quantitative estimate of drug-likeness (QED) is 0.462. The van der Waals surface area contributed by atoms with Crippen molar-refractivity contribution < 1.29 is 4.79 Å². The van der Waals surface area contributed by atoms with Crippen molar-refractivity contribution in [1.82, 2.24) is 14.5 Å². The van der Waals surface area contributed by atoms with E-state index >= 15 is 0 Å². The molecule has 0 unspecified atom stereocenters. The van der Waals surface area contributed by atoms with Crippen LogP contribution in [0.4, 0.5) is 0 Å². The number of carbonyl (C=O) groups excluding carboxylic acids is 1. The zero-order valence-corrected chi connectivity index (χ0v) is 17.0. The second kappa shape index (κ2) is 9.09. The molecule has 2 heterocycles. The van der Waals surface area contributed by atoms with E-state index in [9.17, 15) is 9.59 Å². The van der Waals surface area contributed by atoms with Crippen molar-refractivity contribution in [2.45, 2.75) is 30.3 Å². The lowest BCUT2D eigenvalue weighted by Crippen LogP contribution is -2.35. The number of benzene rings is 2. The Morgan fingerprint density at radius 1 is 0.966 bits per heavy atom. The van der Waals surface area contributed by atoms with E-state index < -0.39 is 0 Å². The van der Waals surface area contributed by atoms with Gasteiger partial charge in [0.2, 0.25) is 5.91 Å². The molecule has 2 aromatic carbocycles. The molecule has 29 heavy (non-hydrogen) atoms. The third-order valence-corrected chi connectivity index (χ3v) is 6.05. The van der Waals surface area contributed by atoms with E-state index in [-0.39, 0.29) is 18.0 Å². The molecule has 6 heteroatoms. The Labute approximate surface area is 174 Å². The van der Waals surface area contributed by atoms with Crippen LogP contribution in [0.25, 0.3) is 11.3 Å². The lowest BCUT2D eigenvalue weighted by Gasteiger charge is -2.18. The van der Waals surface area contributed by atoms with Crippen molar-refractivity contribution >= 4 is 17.7 Å². The van der Waals surface area contributed by atoms with Crippen molar-refractivity contribution in [3.05, 3.63) is 82.6 Å². The molecule has 3 aromatic rings. The highest BCUT2D eigenvalue weighted by atomic mass is 32.2. The third-order valence-electron chi connectivity index (χ3n) is 5.01. The minimum Gasteiger partial charge on any atom is -0.341 e. The highest BCUT2D eigenvalue weighted by Gasteiger charge is 2.20. The number of aromatic nitrogens is 2. The summed E-state index contributed by atoms with van der Waals surface area (Å²) in [7, 11) is 0. The van der Waals surface area contributed by atoms with E-state index in [1.807, 2.05) is 65.6 Å². The number of thioether (sulfide) groups is 1. The standard InChI is InChI=1S/C23H23N3O2S/c27-21-15-20(19-11-5-2-6-12-19)24-23(29-17-18-9-3-1-4-10-18)26(21)16-22(28)25-13-7-8-14-25/h1-6,9-12,15H,7-8,13-14,16-17H2. The van der Waals surface area contributed by atoms with E-state index in [4.69, 9.17) is 4.98 Å². The average Bonchev–Trinajstić information content (AvgIpc) is 3.30. The maximum Gasteiger partial charge on any atom is 0.255 e. The van der Waals surface area contributed by atoms with Gasteiger partial charge in [-0.3, -0.25) is 14.2 Å². The number of carbonyl (C=O) groups is 1. The van der Waals surface area contributed by atoms with Crippen molar-refractivity contribution in [3.63, 3.8) is 0 Å². The number of likely N-dealkylation sites (tertiary alicyclic amines) is 1. The molecule has 0 saturated carbocycles. The molecular weight excluding hydrogens is 382 g/mol. The van der Waals surface area contributed by atoms with Gasteiger partial charge >= 0.3 is 0 Å². The van der Waals surface area contributed by atoms with Crippen LogP contribution in [0.5, 0.6) is 0 Å². The van der Waals surface area contributed by atoms with Crippen molar-refractivity contribution in [2.75, 3.05) is 13.1 Å². The Bertz CT molecular complexity index is 1030. The first-order valence-electron chi connectivity index (χ1n) is 9.82. The fraction of sp³-hybridized carbons (Fsp3) is 0.261. The van der Waals surface area contributed by atoms with Crippen LogP contribution in [0.15, 0.2) is 76.7 Å². The van der Waals surface area contributed by atoms with E-state index in [1.54, 1.807) is 0 Å². The molecule has 0 radical (unpaired) electrons. The summed E-state index contributed by atoms with van der Waals surface area (Å²) in [6.07, 6.45) is 2.06. The van der Waals surface area contributed by atoms with Crippen LogP contribution < -0.4 is 5.56 Å². The van der Waals surface area contributed by atoms with E-state index in [0.29, 0.717) is 16.6 Å². The lowest BCUT2D eigenvalue weighted by molar-refractivity contribution is -0.130. The molecule has 0 N–H and O–H groups in total. The van der Waals surface area contributed by atoms with E-state index in [0.717, 1.165) is 37.1 Å². The Morgan fingerprint density at radius 3 is 2.31 bits per heavy atom. The molecule has 0 spiro atoms. The first kappa shape index (κ1) is 19.5. The molecule has 4 rings (SSSR count). The number of hydrogen-bond donors (Lipinski definition) is 0. The normalized spacial score (nSPS) is 13.6. The van der Waals surface area contributed by atoms with Crippen LogP contribution >= 0.6 is 11.8 Å². The van der Waals surface area contributed by atoms with Gasteiger partial charge < -0.3 is 4.90 Å². The monoisotopic (exact) mass is 405 g/mol. The smallest absolute Gasteiger partial charge is 0.255 e. The van der Waals surface area contributed by atoms with Gasteiger partial charge in [0.25, 0.3) is 5.56 Å². The summed E-state index contributed by atoms with van der Waals surface area (Å²) in [6, 6.07) is 21.3. The number of nitrogens with zero attached hydrogens (tertiary/aromatic N) is 3. The molecule has 1 aliphatic rings. The Hall–Kier alpha value is -2.86. The van der Waals surface area contributed by atoms with Crippen LogP contribution in [-0.2, 0) is 17.1 Å². The number of rotatable bonds is 6. The molecule has 1 fully saturated rings. The molecule has 5 nitrogen and oxygen atoms in total. The van der Waals surface area contributed by atoms with E-state index in [1.165, 1.54) is 22.4 Å². The van der Waals surface area contributed by atoms with Gasteiger partial charge in [-0.2, -0.15) is 0 Å². The van der Waals surface area contributed by atoms with Crippen LogP contribution in [0.1, 0.15) is 18.4 Å². The molecular formula is C23H23N3O2S. The third kappa shape index (κ3) is 4.77. The van der Waals surface area contributed by atoms with Crippen LogP contribution in [0, 0.1) is 0 Å². The largest absolute Gasteiger partial charge is 0.341 e. The molecule has 148 valence electrons. The van der Waals surface area contributed by atoms with Crippen LogP contribution in [0.3, 0.4) is 0 Å². The molecule has 0 atom stereocenters. The summed E-state index contributed by atoms with van der Waals surface area (Å²) in [5.74, 6) is 0.670. The predicted octanol–water partition coefficient (Wildman–Crippen LogP) is 3.83. The summed E-state index contributed by atoms with van der Waals surface area (Å²) >= 11 is 1.49. The summed E-state index contributed by atoms with van der Waals surface area (Å²) in [5, 5.41) is 0.577. The van der Waals surface area contributed by atoms with Crippen LogP contribution in [0.2, 0.25) is 0 Å². The van der Waals surface area contributed by atoms with Gasteiger partial charge in [0.05, 0.1) is 5.69 Å². The molecule has 1 saturated heterocycles. The van der Waals surface area contributed by atoms with Gasteiger partial charge in [0.1, 0.15) is 6.54 Å². The summed E-state index contributed by atoms with van der Waals surface area (Å²) in [4.78, 5) is 32.2. The minimum absolute atomic E-state index is 0.0135. The molecule has 1 aromatic heterocycles. The second-order valence-electron chi connectivity index (χ2n) is 7.08. The maximum atomic E-state index is 12.9. The molecule has 1 aliphatic heterocycles. The van der Waals surface area contributed by atoms with Crippen molar-refractivity contribution in [1.29, 1.82) is 0 Å². The highest BCUT2D eigenvalue weighted by Crippen LogP contribution is 2.24. The number of hydrogen-bond acceptors (Lipinski definition) is 4. The van der Waals surface area contributed by atoms with E-state index in [2.05, 4.69) is 0 Å². The lowest BCUT2D eigenvalue weighted by atomic mass is 10.1. The Morgan fingerprint density at radius 2 is 1.62 bits per heavy atom. The topological polar surface area (TPSA) is 55.2 Å². The Balaban J connectivity index is 1.66. The predicted molar refractivity (Wildman–Crippen MR) is 116 cm³/mol. The summed E-state index contributed by atoms with van der Waals surface area (Å²) in [6.45, 7) is 1.59. The second-order valence-corrected chi connectivity index (χ2v) is 8.02. The van der Waals surface area contributed by atoms with Crippen molar-refractivity contribution in [3.8, 4) is 11.3 Å². The maximum absolute atomic E-state index is 12.9. The first-order valence-corrected chi connectivity index (χ1v) is 10.8. The van der Waals surface area contributed by atoms with Gasteiger partial charge in [0, 0.05) is 30.5 Å². The fourth-order valence-electron chi connectivity index (χ4n) is 3.42. The molecule has 0 bridgehead atoms. The summed E-state index contributed by atoms with van der Waals surface area (Å²) < 4.78 is 1.51. The van der Waals surface area contributed by atoms with Gasteiger partial charge in [-0.15, -0.1) is 0 Å². The zero-order chi connectivity index (χ0) is 20.1. The summed E-state index contributed by atoms with van der Waals surface area (Å²) in [5.41, 5.74) is 2.48. The van der Waals surface area contributed by atoms with Crippen LogP contribution in [-0.4, -0.2) is 33.4 Å². The fourth-order valence-corrected chi connectivity index (χ4v) is 4.38. The first-order chi connectivity index (χ1) is 14.2. The zero-order valence-electron chi connectivity index (χ0n) is 16.2. The average molecular weight is 406 g/mol. The van der Waals surface area contributed by atoms with Gasteiger partial charge in [-0.1, -0.05) is 72.4 Å². The minimum atomic E-state index is -0.193. The van der Waals surface area contributed by atoms with Gasteiger partial charge in [-0.05, 0) is 18.4 Å². The van der Waals surface area contributed by atoms with Gasteiger partial charge in [0.15, 0.2) is 5.16 Å². The highest BCUT2D eigenvalue weighted by molar-refractivity contribution is 7.98. The van der Waals surface area contributed by atoms with Gasteiger partial charge in [-0.25, -0.2) is 4.98 Å². The number of amides is 1. The molecule has 1 amide bonds. The van der Waals surface area contributed by atoms with Crippen molar-refractivity contribution in [2.24, 2.45) is 0 Å². The SMILES string of the molecule is O=C(Cn1c(SCc2ccccc2)nc(-c2ccccc2)cc1=O)N1CCCC1. The molecule has 0 aliphatic carbocycles.